The average molecular weight is 306 g/mol. The van der Waals surface area contributed by atoms with Crippen LogP contribution in [0, 0.1) is 6.92 Å². The van der Waals surface area contributed by atoms with Crippen LogP contribution in [0.2, 0.25) is 0 Å². The fourth-order valence-corrected chi connectivity index (χ4v) is 2.85. The lowest BCUT2D eigenvalue weighted by Crippen LogP contribution is -2.20. The van der Waals surface area contributed by atoms with Crippen LogP contribution in [0.3, 0.4) is 0 Å². The summed E-state index contributed by atoms with van der Waals surface area (Å²) in [6.07, 6.45) is 0.242. The van der Waals surface area contributed by atoms with Crippen molar-refractivity contribution < 1.29 is 14.3 Å². The predicted octanol–water partition coefficient (Wildman–Crippen LogP) is 1.98. The lowest BCUT2D eigenvalue weighted by atomic mass is 10.2. The summed E-state index contributed by atoms with van der Waals surface area (Å²) in [6.45, 7) is 2.44. The van der Waals surface area contributed by atoms with Crippen LogP contribution < -0.4 is 19.7 Å². The van der Waals surface area contributed by atoms with E-state index in [2.05, 4.69) is 5.32 Å². The lowest BCUT2D eigenvalue weighted by Gasteiger charge is -2.07. The molecule has 3 rings (SSSR count). The van der Waals surface area contributed by atoms with Crippen LogP contribution in [0.1, 0.15) is 12.1 Å². The highest BCUT2D eigenvalue weighted by Gasteiger charge is 2.14. The van der Waals surface area contributed by atoms with Gasteiger partial charge in [-0.1, -0.05) is 11.3 Å². The zero-order valence-corrected chi connectivity index (χ0v) is 12.2. The van der Waals surface area contributed by atoms with Gasteiger partial charge in [-0.25, -0.2) is 0 Å². The molecule has 0 unspecified atom stereocenters. The molecule has 2 aromatic rings. The fraction of sp³-hybridized carbons (Fsp3) is 0.286. The van der Waals surface area contributed by atoms with E-state index >= 15 is 0 Å². The molecule has 0 atom stereocenters. The van der Waals surface area contributed by atoms with Gasteiger partial charge in [-0.05, 0) is 19.1 Å². The van der Waals surface area contributed by atoms with E-state index in [1.54, 1.807) is 28.1 Å². The minimum Gasteiger partial charge on any atom is -0.454 e. The van der Waals surface area contributed by atoms with Crippen molar-refractivity contribution in [3.63, 3.8) is 0 Å². The third-order valence-electron chi connectivity index (χ3n) is 3.20. The molecule has 0 bridgehead atoms. The number of aromatic nitrogens is 1. The Morgan fingerprint density at radius 1 is 1.38 bits per heavy atom. The summed E-state index contributed by atoms with van der Waals surface area (Å²) in [5, 5.41) is 4.58. The number of amides is 1. The number of aryl methyl sites for hydroxylation is 1. The topological polar surface area (TPSA) is 69.6 Å². The molecular weight excluding hydrogens is 292 g/mol. The van der Waals surface area contributed by atoms with Crippen molar-refractivity contribution in [3.05, 3.63) is 38.9 Å². The Balaban J connectivity index is 1.61. The van der Waals surface area contributed by atoms with E-state index in [-0.39, 0.29) is 24.0 Å². The Labute approximate surface area is 124 Å². The molecule has 1 N–H and O–H groups in total. The van der Waals surface area contributed by atoms with E-state index in [0.29, 0.717) is 23.7 Å². The second kappa shape index (κ2) is 5.61. The normalized spacial score (nSPS) is 12.4. The molecule has 0 aliphatic carbocycles. The van der Waals surface area contributed by atoms with Gasteiger partial charge in [-0.15, -0.1) is 0 Å². The SMILES string of the molecule is Cc1csc(=O)n1CCC(=O)Nc1ccc2c(c1)OCO2. The molecule has 6 nitrogen and oxygen atoms in total. The first-order chi connectivity index (χ1) is 10.1. The Morgan fingerprint density at radius 2 is 2.19 bits per heavy atom. The van der Waals surface area contributed by atoms with Crippen molar-refractivity contribution in [3.8, 4) is 11.5 Å². The number of benzene rings is 1. The molecule has 1 aliphatic rings. The molecule has 7 heteroatoms. The Hall–Kier alpha value is -2.28. The summed E-state index contributed by atoms with van der Waals surface area (Å²) in [6, 6.07) is 5.24. The van der Waals surface area contributed by atoms with Gasteiger partial charge in [0.1, 0.15) is 0 Å². The van der Waals surface area contributed by atoms with Gasteiger partial charge >= 0.3 is 4.87 Å². The van der Waals surface area contributed by atoms with Crippen LogP contribution >= 0.6 is 11.3 Å². The zero-order chi connectivity index (χ0) is 14.8. The predicted molar refractivity (Wildman–Crippen MR) is 79.1 cm³/mol. The van der Waals surface area contributed by atoms with Gasteiger partial charge in [0.15, 0.2) is 11.5 Å². The highest BCUT2D eigenvalue weighted by atomic mass is 32.1. The van der Waals surface area contributed by atoms with Crippen LogP contribution in [0.5, 0.6) is 11.5 Å². The Bertz CT molecular complexity index is 735. The molecule has 0 fully saturated rings. The average Bonchev–Trinajstić information content (AvgIpc) is 3.04. The van der Waals surface area contributed by atoms with Gasteiger partial charge in [-0.2, -0.15) is 0 Å². The molecule has 1 aliphatic heterocycles. The lowest BCUT2D eigenvalue weighted by molar-refractivity contribution is -0.116. The monoisotopic (exact) mass is 306 g/mol. The number of carbonyl (C=O) groups is 1. The van der Waals surface area contributed by atoms with Crippen molar-refractivity contribution in [2.75, 3.05) is 12.1 Å². The second-order valence-electron chi connectivity index (χ2n) is 4.66. The van der Waals surface area contributed by atoms with Crippen molar-refractivity contribution >= 4 is 22.9 Å². The molecule has 110 valence electrons. The zero-order valence-electron chi connectivity index (χ0n) is 11.4. The van der Waals surface area contributed by atoms with Gasteiger partial charge < -0.3 is 19.4 Å². The van der Waals surface area contributed by atoms with Crippen LogP contribution in [-0.2, 0) is 11.3 Å². The van der Waals surface area contributed by atoms with Gasteiger partial charge in [0.25, 0.3) is 0 Å². The van der Waals surface area contributed by atoms with Gasteiger partial charge in [0.05, 0.1) is 0 Å². The summed E-state index contributed by atoms with van der Waals surface area (Å²) >= 11 is 1.15. The summed E-state index contributed by atoms with van der Waals surface area (Å²) in [5.74, 6) is 1.15. The standard InChI is InChI=1S/C14H14N2O4S/c1-9-7-21-14(18)16(9)5-4-13(17)15-10-2-3-11-12(6-10)20-8-19-11/h2-3,6-7H,4-5,8H2,1H3,(H,15,17). The number of anilines is 1. The number of fused-ring (bicyclic) bond motifs is 1. The van der Waals surface area contributed by atoms with Crippen molar-refractivity contribution in [2.45, 2.75) is 19.9 Å². The summed E-state index contributed by atoms with van der Waals surface area (Å²) < 4.78 is 12.1. The first-order valence-electron chi connectivity index (χ1n) is 6.48. The molecule has 0 radical (unpaired) electrons. The van der Waals surface area contributed by atoms with E-state index in [1.807, 2.05) is 6.92 Å². The molecular formula is C14H14N2O4S. The van der Waals surface area contributed by atoms with E-state index in [4.69, 9.17) is 9.47 Å². The second-order valence-corrected chi connectivity index (χ2v) is 5.48. The molecule has 0 saturated carbocycles. The number of nitrogens with zero attached hydrogens (tertiary/aromatic N) is 1. The minimum atomic E-state index is -0.147. The van der Waals surface area contributed by atoms with Gasteiger partial charge in [0.2, 0.25) is 12.7 Å². The fourth-order valence-electron chi connectivity index (χ4n) is 2.09. The number of ether oxygens (including phenoxy) is 2. The maximum atomic E-state index is 11.9. The van der Waals surface area contributed by atoms with E-state index < -0.39 is 0 Å². The maximum absolute atomic E-state index is 11.9. The van der Waals surface area contributed by atoms with E-state index in [1.165, 1.54) is 0 Å². The van der Waals surface area contributed by atoms with Gasteiger partial charge in [0, 0.05) is 35.8 Å². The number of hydrogen-bond donors (Lipinski definition) is 1. The molecule has 21 heavy (non-hydrogen) atoms. The number of nitrogens with one attached hydrogen (secondary N) is 1. The molecule has 1 amide bonds. The van der Waals surface area contributed by atoms with Crippen LogP contribution in [0.25, 0.3) is 0 Å². The Kier molecular flexibility index (Phi) is 3.66. The smallest absolute Gasteiger partial charge is 0.307 e. The largest absolute Gasteiger partial charge is 0.454 e. The summed E-state index contributed by atoms with van der Waals surface area (Å²) in [4.78, 5) is 23.5. The first-order valence-corrected chi connectivity index (χ1v) is 7.36. The third kappa shape index (κ3) is 2.92. The Morgan fingerprint density at radius 3 is 2.95 bits per heavy atom. The van der Waals surface area contributed by atoms with Gasteiger partial charge in [-0.3, -0.25) is 9.59 Å². The van der Waals surface area contributed by atoms with Crippen LogP contribution in [-0.4, -0.2) is 17.3 Å². The number of carbonyl (C=O) groups excluding carboxylic acids is 1. The highest BCUT2D eigenvalue weighted by Crippen LogP contribution is 2.34. The minimum absolute atomic E-state index is 0.0385. The quantitative estimate of drug-likeness (QED) is 0.937. The van der Waals surface area contributed by atoms with Crippen LogP contribution in [0.15, 0.2) is 28.4 Å². The maximum Gasteiger partial charge on any atom is 0.307 e. The molecule has 2 heterocycles. The third-order valence-corrected chi connectivity index (χ3v) is 4.08. The van der Waals surface area contributed by atoms with Crippen LogP contribution in [0.4, 0.5) is 5.69 Å². The van der Waals surface area contributed by atoms with Crippen molar-refractivity contribution in [2.24, 2.45) is 0 Å². The molecule has 1 aromatic heterocycles. The van der Waals surface area contributed by atoms with Crippen molar-refractivity contribution in [1.29, 1.82) is 0 Å². The molecule has 0 saturated heterocycles. The first kappa shape index (κ1) is 13.7. The molecule has 0 spiro atoms. The summed E-state index contributed by atoms with van der Waals surface area (Å²) in [5.41, 5.74) is 1.53. The summed E-state index contributed by atoms with van der Waals surface area (Å²) in [7, 11) is 0. The van der Waals surface area contributed by atoms with E-state index in [9.17, 15) is 9.59 Å². The highest BCUT2D eigenvalue weighted by molar-refractivity contribution is 7.07. The van der Waals surface area contributed by atoms with E-state index in [0.717, 1.165) is 17.0 Å². The number of hydrogen-bond acceptors (Lipinski definition) is 5. The van der Waals surface area contributed by atoms with Crippen molar-refractivity contribution in [1.82, 2.24) is 4.57 Å². The number of rotatable bonds is 4. The molecule has 1 aromatic carbocycles. The number of thiazole rings is 1.